The molecule has 0 saturated heterocycles. The highest BCUT2D eigenvalue weighted by atomic mass is 19.3. The SMILES string of the molecule is CC(CF)c1cccc(C(F)F)c1. The van der Waals surface area contributed by atoms with E-state index in [9.17, 15) is 13.2 Å². The van der Waals surface area contributed by atoms with Gasteiger partial charge in [-0.3, -0.25) is 4.39 Å². The normalized spacial score (nSPS) is 13.3. The van der Waals surface area contributed by atoms with Crippen LogP contribution in [0.2, 0.25) is 0 Å². The lowest BCUT2D eigenvalue weighted by Crippen LogP contribution is -1.96. The predicted molar refractivity (Wildman–Crippen MR) is 45.8 cm³/mol. The van der Waals surface area contributed by atoms with Crippen LogP contribution in [0.4, 0.5) is 13.2 Å². The van der Waals surface area contributed by atoms with Crippen molar-refractivity contribution >= 4 is 0 Å². The van der Waals surface area contributed by atoms with Gasteiger partial charge in [-0.05, 0) is 11.6 Å². The van der Waals surface area contributed by atoms with Crippen molar-refractivity contribution in [1.82, 2.24) is 0 Å². The van der Waals surface area contributed by atoms with Gasteiger partial charge in [-0.25, -0.2) is 8.78 Å². The summed E-state index contributed by atoms with van der Waals surface area (Å²) < 4.78 is 36.7. The number of rotatable bonds is 3. The second-order valence-electron chi connectivity index (χ2n) is 3.03. The highest BCUT2D eigenvalue weighted by Gasteiger charge is 2.10. The van der Waals surface area contributed by atoms with E-state index in [0.29, 0.717) is 5.56 Å². The Balaban J connectivity index is 2.91. The van der Waals surface area contributed by atoms with Crippen molar-refractivity contribution in [1.29, 1.82) is 0 Å². The molecule has 0 saturated carbocycles. The van der Waals surface area contributed by atoms with Crippen LogP contribution in [-0.4, -0.2) is 6.67 Å². The van der Waals surface area contributed by atoms with Gasteiger partial charge in [0.1, 0.15) is 0 Å². The zero-order chi connectivity index (χ0) is 9.84. The average molecular weight is 188 g/mol. The molecule has 0 fully saturated rings. The molecule has 3 heteroatoms. The van der Waals surface area contributed by atoms with Gasteiger partial charge >= 0.3 is 0 Å². The third kappa shape index (κ3) is 2.47. The second kappa shape index (κ2) is 4.30. The summed E-state index contributed by atoms with van der Waals surface area (Å²) in [4.78, 5) is 0. The van der Waals surface area contributed by atoms with Crippen molar-refractivity contribution in [3.63, 3.8) is 0 Å². The second-order valence-corrected chi connectivity index (χ2v) is 3.03. The molecule has 0 aliphatic carbocycles. The number of benzene rings is 1. The molecule has 0 aliphatic rings. The maximum absolute atomic E-state index is 12.2. The standard InChI is InChI=1S/C10H11F3/c1-7(6-11)8-3-2-4-9(5-8)10(12)13/h2-5,7,10H,6H2,1H3. The van der Waals surface area contributed by atoms with Crippen LogP contribution in [0.1, 0.15) is 30.4 Å². The molecule has 0 radical (unpaired) electrons. The van der Waals surface area contributed by atoms with Gasteiger partial charge in [0.05, 0.1) is 6.67 Å². The maximum atomic E-state index is 12.2. The van der Waals surface area contributed by atoms with E-state index in [4.69, 9.17) is 0 Å². The van der Waals surface area contributed by atoms with Gasteiger partial charge in [0, 0.05) is 11.5 Å². The molecule has 0 spiro atoms. The van der Waals surface area contributed by atoms with E-state index >= 15 is 0 Å². The van der Waals surface area contributed by atoms with Gasteiger partial charge in [-0.2, -0.15) is 0 Å². The van der Waals surface area contributed by atoms with Crippen molar-refractivity contribution in [3.05, 3.63) is 35.4 Å². The van der Waals surface area contributed by atoms with E-state index in [0.717, 1.165) is 0 Å². The number of alkyl halides is 3. The van der Waals surface area contributed by atoms with Gasteiger partial charge in [0.2, 0.25) is 0 Å². The molecule has 0 N–H and O–H groups in total. The summed E-state index contributed by atoms with van der Waals surface area (Å²) in [7, 11) is 0. The molecule has 1 unspecified atom stereocenters. The lowest BCUT2D eigenvalue weighted by molar-refractivity contribution is 0.151. The zero-order valence-electron chi connectivity index (χ0n) is 7.31. The third-order valence-corrected chi connectivity index (χ3v) is 1.96. The first kappa shape index (κ1) is 10.1. The molecular formula is C10H11F3. The molecule has 1 atom stereocenters. The molecule has 72 valence electrons. The van der Waals surface area contributed by atoms with E-state index in [-0.39, 0.29) is 11.5 Å². The first-order valence-corrected chi connectivity index (χ1v) is 4.09. The van der Waals surface area contributed by atoms with E-state index in [1.807, 2.05) is 0 Å². The Hall–Kier alpha value is -0.990. The molecule has 0 aliphatic heterocycles. The fourth-order valence-electron chi connectivity index (χ4n) is 1.09. The molecule has 13 heavy (non-hydrogen) atoms. The Morgan fingerprint density at radius 3 is 2.38 bits per heavy atom. The maximum Gasteiger partial charge on any atom is 0.263 e. The van der Waals surface area contributed by atoms with Crippen LogP contribution in [0, 0.1) is 0 Å². The molecule has 0 aromatic heterocycles. The van der Waals surface area contributed by atoms with Crippen molar-refractivity contribution in [2.75, 3.05) is 6.67 Å². The van der Waals surface area contributed by atoms with Crippen molar-refractivity contribution in [2.24, 2.45) is 0 Å². The van der Waals surface area contributed by atoms with E-state index < -0.39 is 13.1 Å². The lowest BCUT2D eigenvalue weighted by atomic mass is 10.0. The summed E-state index contributed by atoms with van der Waals surface area (Å²) in [6, 6.07) is 5.90. The van der Waals surface area contributed by atoms with Crippen molar-refractivity contribution < 1.29 is 13.2 Å². The Morgan fingerprint density at radius 1 is 1.23 bits per heavy atom. The molecule has 0 amide bonds. The lowest BCUT2D eigenvalue weighted by Gasteiger charge is -2.08. The van der Waals surface area contributed by atoms with Crippen LogP contribution in [0.5, 0.6) is 0 Å². The van der Waals surface area contributed by atoms with Gasteiger partial charge in [0.25, 0.3) is 6.43 Å². The van der Waals surface area contributed by atoms with E-state index in [1.54, 1.807) is 13.0 Å². The molecule has 0 nitrogen and oxygen atoms in total. The number of hydrogen-bond donors (Lipinski definition) is 0. The predicted octanol–water partition coefficient (Wildman–Crippen LogP) is 3.70. The Labute approximate surface area is 75.4 Å². The third-order valence-electron chi connectivity index (χ3n) is 1.96. The number of hydrogen-bond acceptors (Lipinski definition) is 0. The molecule has 0 heterocycles. The van der Waals surface area contributed by atoms with Gasteiger partial charge in [0.15, 0.2) is 0 Å². The summed E-state index contributed by atoms with van der Waals surface area (Å²) in [5, 5.41) is 0. The van der Waals surface area contributed by atoms with E-state index in [2.05, 4.69) is 0 Å². The van der Waals surface area contributed by atoms with Crippen LogP contribution >= 0.6 is 0 Å². The zero-order valence-corrected chi connectivity index (χ0v) is 7.31. The molecular weight excluding hydrogens is 177 g/mol. The minimum Gasteiger partial charge on any atom is -0.250 e. The minimum atomic E-state index is -2.48. The Bertz CT molecular complexity index is 271. The van der Waals surface area contributed by atoms with Crippen LogP contribution in [0.3, 0.4) is 0 Å². The van der Waals surface area contributed by atoms with E-state index in [1.165, 1.54) is 18.2 Å². The van der Waals surface area contributed by atoms with Gasteiger partial charge in [-0.15, -0.1) is 0 Å². The van der Waals surface area contributed by atoms with Crippen molar-refractivity contribution in [2.45, 2.75) is 19.3 Å². The summed E-state index contributed by atoms with van der Waals surface area (Å²) in [5.74, 6) is -0.307. The summed E-state index contributed by atoms with van der Waals surface area (Å²) >= 11 is 0. The Kier molecular flexibility index (Phi) is 3.34. The molecule has 1 rings (SSSR count). The molecule has 1 aromatic rings. The molecule has 1 aromatic carbocycles. The van der Waals surface area contributed by atoms with Crippen molar-refractivity contribution in [3.8, 4) is 0 Å². The monoisotopic (exact) mass is 188 g/mol. The van der Waals surface area contributed by atoms with Gasteiger partial charge < -0.3 is 0 Å². The first-order valence-electron chi connectivity index (χ1n) is 4.09. The molecule has 0 bridgehead atoms. The fourth-order valence-corrected chi connectivity index (χ4v) is 1.09. The minimum absolute atomic E-state index is 0.0437. The quantitative estimate of drug-likeness (QED) is 0.678. The summed E-state index contributed by atoms with van der Waals surface area (Å²) in [6.07, 6.45) is -2.48. The van der Waals surface area contributed by atoms with Crippen LogP contribution in [-0.2, 0) is 0 Å². The van der Waals surface area contributed by atoms with Crippen LogP contribution < -0.4 is 0 Å². The fraction of sp³-hybridized carbons (Fsp3) is 0.400. The van der Waals surface area contributed by atoms with Gasteiger partial charge in [-0.1, -0.05) is 25.1 Å². The smallest absolute Gasteiger partial charge is 0.250 e. The average Bonchev–Trinajstić information content (AvgIpc) is 2.17. The first-order chi connectivity index (χ1) is 6.15. The highest BCUT2D eigenvalue weighted by molar-refractivity contribution is 5.26. The van der Waals surface area contributed by atoms with Crippen LogP contribution in [0.15, 0.2) is 24.3 Å². The number of halogens is 3. The Morgan fingerprint density at radius 2 is 1.85 bits per heavy atom. The highest BCUT2D eigenvalue weighted by Crippen LogP contribution is 2.23. The summed E-state index contributed by atoms with van der Waals surface area (Å²) in [5.41, 5.74) is 0.582. The topological polar surface area (TPSA) is 0 Å². The largest absolute Gasteiger partial charge is 0.263 e. The van der Waals surface area contributed by atoms with Crippen LogP contribution in [0.25, 0.3) is 0 Å². The summed E-state index contributed by atoms with van der Waals surface area (Å²) in [6.45, 7) is 1.15.